The topological polar surface area (TPSA) is 116 Å². The van der Waals surface area contributed by atoms with Crippen LogP contribution in [0.5, 0.6) is 0 Å². The molecule has 2 heterocycles. The summed E-state index contributed by atoms with van der Waals surface area (Å²) in [6, 6.07) is 0. The first-order valence-corrected chi connectivity index (χ1v) is 9.55. The summed E-state index contributed by atoms with van der Waals surface area (Å²) in [6.45, 7) is 5.12. The second kappa shape index (κ2) is 4.66. The van der Waals surface area contributed by atoms with E-state index in [-0.39, 0.29) is 18.5 Å². The maximum absolute atomic E-state index is 12.0. The van der Waals surface area contributed by atoms with Crippen LogP contribution in [0.25, 0.3) is 0 Å². The Morgan fingerprint density at radius 1 is 1.26 bits per heavy atom. The Balaban J connectivity index is 1.72. The predicted octanol–water partition coefficient (Wildman–Crippen LogP) is -0.0388. The Kier molecular flexibility index (Phi) is 3.07. The van der Waals surface area contributed by atoms with Crippen LogP contribution in [0, 0.1) is 11.3 Å². The summed E-state index contributed by atoms with van der Waals surface area (Å²) in [5.74, 6) is -0.532. The van der Waals surface area contributed by atoms with Gasteiger partial charge in [0.25, 0.3) is 0 Å². The normalized spacial score (nSPS) is 53.3. The Bertz CT molecular complexity index is 810. The first-order chi connectivity index (χ1) is 12.4. The SMILES string of the molecule is CC(C)(O)[C@]12C=C[C@]3(O)[C@@](O)([C@@H](C[C@H]4C5=C(CC[C@@]43C)C(=O)OC5)O1)[C@@H]2O. The van der Waals surface area contributed by atoms with E-state index in [4.69, 9.17) is 9.47 Å². The number of cyclic esters (lactones) is 1. The van der Waals surface area contributed by atoms with Crippen molar-refractivity contribution in [1.82, 2.24) is 0 Å². The standard InChI is InChI=1S/C20H26O7/c1-16(2,23)18-6-7-19(24)17(3)5-4-10-11(9-26-14(10)21)12(17)8-13(27-18)20(19,25)15(18)22/h6-7,12-13,15,22-25H,4-5,8-9H2,1-3H3/t12-,13+,15+,17-,18+,19+,20+/m0/s1. The molecule has 0 spiro atoms. The summed E-state index contributed by atoms with van der Waals surface area (Å²) in [5, 5.41) is 45.3. The van der Waals surface area contributed by atoms with E-state index < -0.39 is 40.0 Å². The molecular formula is C20H26O7. The van der Waals surface area contributed by atoms with Gasteiger partial charge in [-0.15, -0.1) is 0 Å². The van der Waals surface area contributed by atoms with Gasteiger partial charge in [0.15, 0.2) is 5.60 Å². The summed E-state index contributed by atoms with van der Waals surface area (Å²) >= 11 is 0. The number of esters is 1. The van der Waals surface area contributed by atoms with Crippen molar-refractivity contribution in [2.45, 2.75) is 74.6 Å². The Morgan fingerprint density at radius 3 is 2.63 bits per heavy atom. The van der Waals surface area contributed by atoms with E-state index in [1.807, 2.05) is 6.92 Å². The highest BCUT2D eigenvalue weighted by molar-refractivity contribution is 5.92. The van der Waals surface area contributed by atoms with Crippen LogP contribution in [0.15, 0.2) is 23.3 Å². The molecule has 0 radical (unpaired) electrons. The fourth-order valence-electron chi connectivity index (χ4n) is 6.45. The minimum absolute atomic E-state index is 0.193. The molecule has 7 nitrogen and oxygen atoms in total. The monoisotopic (exact) mass is 378 g/mol. The number of ether oxygens (including phenoxy) is 2. The van der Waals surface area contributed by atoms with Gasteiger partial charge in [-0.25, -0.2) is 4.79 Å². The molecule has 0 aromatic heterocycles. The zero-order valence-corrected chi connectivity index (χ0v) is 15.7. The zero-order valence-electron chi connectivity index (χ0n) is 15.7. The van der Waals surface area contributed by atoms with E-state index in [9.17, 15) is 25.2 Å². The number of fused-ring (bicyclic) bond motifs is 4. The minimum atomic E-state index is -1.95. The molecule has 2 fully saturated rings. The number of carbonyl (C=O) groups excluding carboxylic acids is 1. The van der Waals surface area contributed by atoms with Crippen LogP contribution in [0.3, 0.4) is 0 Å². The van der Waals surface area contributed by atoms with E-state index in [1.54, 1.807) is 0 Å². The van der Waals surface area contributed by atoms with E-state index in [0.717, 1.165) is 5.57 Å². The molecule has 0 aromatic rings. The molecule has 5 rings (SSSR count). The van der Waals surface area contributed by atoms with Crippen molar-refractivity contribution < 1.29 is 34.7 Å². The zero-order chi connectivity index (χ0) is 19.6. The molecule has 7 atom stereocenters. The third-order valence-corrected chi connectivity index (χ3v) is 8.19. The minimum Gasteiger partial charge on any atom is -0.458 e. The highest BCUT2D eigenvalue weighted by atomic mass is 16.6. The van der Waals surface area contributed by atoms with Gasteiger partial charge in [0, 0.05) is 11.0 Å². The van der Waals surface area contributed by atoms with E-state index in [1.165, 1.54) is 26.0 Å². The lowest BCUT2D eigenvalue weighted by Gasteiger charge is -2.63. The molecule has 1 saturated heterocycles. The molecule has 2 bridgehead atoms. The number of rotatable bonds is 1. The van der Waals surface area contributed by atoms with E-state index in [0.29, 0.717) is 24.8 Å². The van der Waals surface area contributed by atoms with Crippen LogP contribution >= 0.6 is 0 Å². The van der Waals surface area contributed by atoms with Gasteiger partial charge < -0.3 is 29.9 Å². The smallest absolute Gasteiger partial charge is 0.334 e. The van der Waals surface area contributed by atoms with Crippen molar-refractivity contribution in [3.8, 4) is 0 Å². The first kappa shape index (κ1) is 17.8. The van der Waals surface area contributed by atoms with Gasteiger partial charge in [-0.1, -0.05) is 13.0 Å². The summed E-state index contributed by atoms with van der Waals surface area (Å²) in [6.07, 6.45) is 1.92. The maximum Gasteiger partial charge on any atom is 0.334 e. The van der Waals surface area contributed by atoms with Crippen LogP contribution in [-0.4, -0.2) is 67.6 Å². The molecule has 5 aliphatic rings. The first-order valence-electron chi connectivity index (χ1n) is 9.55. The highest BCUT2D eigenvalue weighted by Gasteiger charge is 2.81. The van der Waals surface area contributed by atoms with Crippen LogP contribution in [0.4, 0.5) is 0 Å². The molecule has 148 valence electrons. The summed E-state index contributed by atoms with van der Waals surface area (Å²) in [7, 11) is 0. The number of aliphatic hydroxyl groups is 4. The van der Waals surface area contributed by atoms with Crippen molar-refractivity contribution in [1.29, 1.82) is 0 Å². The van der Waals surface area contributed by atoms with Crippen LogP contribution in [-0.2, 0) is 14.3 Å². The maximum atomic E-state index is 12.0. The van der Waals surface area contributed by atoms with E-state index >= 15 is 0 Å². The summed E-state index contributed by atoms with van der Waals surface area (Å²) in [4.78, 5) is 12.0. The van der Waals surface area contributed by atoms with Gasteiger partial charge in [-0.3, -0.25) is 0 Å². The number of hydrogen-bond acceptors (Lipinski definition) is 7. The summed E-state index contributed by atoms with van der Waals surface area (Å²) < 4.78 is 11.3. The Morgan fingerprint density at radius 2 is 1.96 bits per heavy atom. The third kappa shape index (κ3) is 1.63. The second-order valence-electron chi connectivity index (χ2n) is 9.57. The highest BCUT2D eigenvalue weighted by Crippen LogP contribution is 2.68. The van der Waals surface area contributed by atoms with Crippen LogP contribution in [0.2, 0.25) is 0 Å². The molecule has 0 aromatic carbocycles. The Labute approximate surface area is 157 Å². The fourth-order valence-corrected chi connectivity index (χ4v) is 6.45. The number of aliphatic hydroxyl groups excluding tert-OH is 1. The predicted molar refractivity (Wildman–Crippen MR) is 92.4 cm³/mol. The van der Waals surface area contributed by atoms with Gasteiger partial charge in [0.1, 0.15) is 23.9 Å². The second-order valence-corrected chi connectivity index (χ2v) is 9.57. The van der Waals surface area contributed by atoms with Crippen molar-refractivity contribution in [3.05, 3.63) is 23.3 Å². The van der Waals surface area contributed by atoms with Crippen molar-refractivity contribution >= 4 is 5.97 Å². The molecule has 7 heteroatoms. The molecule has 27 heavy (non-hydrogen) atoms. The van der Waals surface area contributed by atoms with Crippen molar-refractivity contribution in [2.24, 2.45) is 11.3 Å². The molecule has 3 aliphatic carbocycles. The number of hydrogen-bond donors (Lipinski definition) is 4. The lowest BCUT2D eigenvalue weighted by atomic mass is 9.44. The molecule has 0 unspecified atom stereocenters. The lowest BCUT2D eigenvalue weighted by molar-refractivity contribution is -0.268. The van der Waals surface area contributed by atoms with Gasteiger partial charge in [0.2, 0.25) is 0 Å². The molecule has 4 N–H and O–H groups in total. The fraction of sp³-hybridized carbons (Fsp3) is 0.750. The largest absolute Gasteiger partial charge is 0.458 e. The van der Waals surface area contributed by atoms with E-state index in [2.05, 4.69) is 0 Å². The summed E-state index contributed by atoms with van der Waals surface area (Å²) in [5.41, 5.74) is -5.97. The van der Waals surface area contributed by atoms with Crippen LogP contribution in [0.1, 0.15) is 40.0 Å². The quantitative estimate of drug-likeness (QED) is 0.374. The number of carbonyl (C=O) groups is 1. The molecule has 2 aliphatic heterocycles. The van der Waals surface area contributed by atoms with Gasteiger partial charge in [-0.05, 0) is 50.7 Å². The van der Waals surface area contributed by atoms with Crippen molar-refractivity contribution in [2.75, 3.05) is 6.61 Å². The average Bonchev–Trinajstić information content (AvgIpc) is 3.03. The van der Waals surface area contributed by atoms with Crippen molar-refractivity contribution in [3.63, 3.8) is 0 Å². The van der Waals surface area contributed by atoms with Gasteiger partial charge >= 0.3 is 5.97 Å². The van der Waals surface area contributed by atoms with Crippen LogP contribution < -0.4 is 0 Å². The van der Waals surface area contributed by atoms with Gasteiger partial charge in [0.05, 0.1) is 11.7 Å². The Hall–Kier alpha value is -1.25. The molecule has 0 amide bonds. The molecule has 1 saturated carbocycles. The molecular weight excluding hydrogens is 352 g/mol. The lowest BCUT2D eigenvalue weighted by Crippen LogP contribution is -2.78. The third-order valence-electron chi connectivity index (χ3n) is 8.19. The average molecular weight is 378 g/mol. The van der Waals surface area contributed by atoms with Gasteiger partial charge in [-0.2, -0.15) is 0 Å².